The van der Waals surface area contributed by atoms with E-state index in [4.69, 9.17) is 9.47 Å². The number of aliphatic hydroxyl groups is 2. The minimum absolute atomic E-state index is 0. The van der Waals surface area contributed by atoms with Crippen molar-refractivity contribution in [1.29, 1.82) is 0 Å². The van der Waals surface area contributed by atoms with E-state index >= 15 is 0 Å². The first-order valence-electron chi connectivity index (χ1n) is 12.2. The fourth-order valence-corrected chi connectivity index (χ4v) is 3.57. The van der Waals surface area contributed by atoms with Crippen LogP contribution in [0.1, 0.15) is 55.4 Å². The maximum Gasteiger partial charge on any atom is 0.327 e. The fraction of sp³-hybridized carbons (Fsp3) is 0.615. The zero-order valence-electron chi connectivity index (χ0n) is 24.3. The first-order chi connectivity index (χ1) is 17.5. The Labute approximate surface area is 239 Å². The van der Waals surface area contributed by atoms with Gasteiger partial charge in [-0.1, -0.05) is 0 Å². The van der Waals surface area contributed by atoms with Crippen molar-refractivity contribution in [1.82, 2.24) is 9.80 Å². The van der Waals surface area contributed by atoms with Crippen molar-refractivity contribution in [3.63, 3.8) is 0 Å². The molecule has 0 bridgehead atoms. The van der Waals surface area contributed by atoms with Crippen LogP contribution in [-0.2, 0) is 45.1 Å². The summed E-state index contributed by atoms with van der Waals surface area (Å²) in [5.41, 5.74) is -0.602. The number of likely N-dealkylation sites (N-methyl/N-ethyl adjacent to an activating group) is 2. The minimum atomic E-state index is -0.805. The number of nitrogens with zero attached hydrogens (tertiary/aromatic N) is 4. The number of carbonyl (C=O) groups excluding carboxylic acids is 4. The first kappa shape index (κ1) is 35.8. The van der Waals surface area contributed by atoms with E-state index in [-0.39, 0.29) is 77.3 Å². The van der Waals surface area contributed by atoms with Gasteiger partial charge in [0, 0.05) is 42.0 Å². The average molecular weight is 595 g/mol. The Morgan fingerprint density at radius 2 is 1.03 bits per heavy atom. The third-order valence-corrected chi connectivity index (χ3v) is 6.55. The third-order valence-electron chi connectivity index (χ3n) is 6.55. The molecule has 2 N–H and O–H groups in total. The smallest absolute Gasteiger partial charge is 0.327 e. The van der Waals surface area contributed by atoms with Gasteiger partial charge in [0.2, 0.25) is 0 Å². The summed E-state index contributed by atoms with van der Waals surface area (Å²) in [4.78, 5) is 57.8. The number of esters is 2. The number of aliphatic imine (C=N–C) groups is 2. The maximum absolute atomic E-state index is 12.2. The second-order valence-electron chi connectivity index (χ2n) is 9.70. The summed E-state index contributed by atoms with van der Waals surface area (Å²) in [5, 5.41) is 20.0. The topological polar surface area (TPSA) is 158 Å². The van der Waals surface area contributed by atoms with Crippen LogP contribution >= 0.6 is 0 Å². The first-order valence-corrected chi connectivity index (χ1v) is 12.2. The van der Waals surface area contributed by atoms with Crippen LogP contribution in [0.3, 0.4) is 0 Å². The number of aliphatic hydroxyl groups excluding tert-OH is 2. The van der Waals surface area contributed by atoms with Crippen molar-refractivity contribution in [3.05, 3.63) is 22.9 Å². The Morgan fingerprint density at radius 1 is 0.744 bits per heavy atom. The summed E-state index contributed by atoms with van der Waals surface area (Å²) in [5.74, 6) is -1.56. The van der Waals surface area contributed by atoms with E-state index < -0.39 is 23.0 Å². The van der Waals surface area contributed by atoms with Crippen LogP contribution in [0.4, 0.5) is 0 Å². The molecule has 0 atom stereocenters. The number of hydrogen-bond acceptors (Lipinski definition) is 12. The van der Waals surface area contributed by atoms with Gasteiger partial charge in [0.15, 0.2) is 23.3 Å². The zero-order valence-corrected chi connectivity index (χ0v) is 25.3. The maximum atomic E-state index is 12.2. The monoisotopic (exact) mass is 594 g/mol. The molecule has 39 heavy (non-hydrogen) atoms. The Bertz CT molecular complexity index is 1020. The molecule has 0 fully saturated rings. The number of ketones is 2. The van der Waals surface area contributed by atoms with E-state index in [1.165, 1.54) is 9.80 Å². The largest absolute Gasteiger partial charge is 0.494 e. The van der Waals surface area contributed by atoms with Gasteiger partial charge in [-0.05, 0) is 55.4 Å². The van der Waals surface area contributed by atoms with Gasteiger partial charge in [-0.25, -0.2) is 0 Å². The van der Waals surface area contributed by atoms with Crippen LogP contribution in [0, 0.1) is 0 Å². The normalized spacial score (nSPS) is 18.6. The van der Waals surface area contributed by atoms with Crippen molar-refractivity contribution in [2.75, 3.05) is 40.4 Å². The average Bonchev–Trinajstić information content (AvgIpc) is 3.09. The van der Waals surface area contributed by atoms with E-state index in [0.29, 0.717) is 11.4 Å². The molecule has 2 aliphatic rings. The van der Waals surface area contributed by atoms with Crippen LogP contribution in [-0.4, -0.2) is 106 Å². The molecular weight excluding hydrogens is 555 g/mol. The summed E-state index contributed by atoms with van der Waals surface area (Å²) in [7, 11) is 3.28. The predicted octanol–water partition coefficient (Wildman–Crippen LogP) is 2.14. The number of rotatable bonds is 8. The van der Waals surface area contributed by atoms with E-state index in [1.807, 2.05) is 0 Å². The SMILES string of the molecule is CCOC(=O)CN=C(C)C1=C(O)N(C)C(C)(C)C1=O.CCOC(=O)CN=C(C)C1=C(O)N(C)C(C)(C)C1=O.[Ni]. The number of ether oxygens (including phenoxy) is 2. The summed E-state index contributed by atoms with van der Waals surface area (Å²) < 4.78 is 9.50. The Balaban J connectivity index is 0.000000722. The second kappa shape index (κ2) is 14.3. The quantitative estimate of drug-likeness (QED) is 0.242. The van der Waals surface area contributed by atoms with E-state index in [1.54, 1.807) is 69.5 Å². The summed E-state index contributed by atoms with van der Waals surface area (Å²) in [6, 6.07) is 0. The van der Waals surface area contributed by atoms with Crippen LogP contribution in [0.25, 0.3) is 0 Å². The summed E-state index contributed by atoms with van der Waals surface area (Å²) >= 11 is 0. The predicted molar refractivity (Wildman–Crippen MR) is 142 cm³/mol. The van der Waals surface area contributed by atoms with Gasteiger partial charge in [0.1, 0.15) is 35.3 Å². The molecule has 0 aromatic heterocycles. The standard InChI is InChI=1S/2C13H20N2O4.Ni/c2*1-6-19-9(16)7-14-8(2)10-11(17)13(3,4)15(5)12(10)18;/h2*18H,6-7H2,1-5H3;. The summed E-state index contributed by atoms with van der Waals surface area (Å²) in [6.45, 7) is 13.7. The van der Waals surface area contributed by atoms with Crippen molar-refractivity contribution >= 4 is 34.9 Å². The van der Waals surface area contributed by atoms with Gasteiger partial charge >= 0.3 is 11.9 Å². The van der Waals surface area contributed by atoms with Crippen molar-refractivity contribution < 1.29 is 55.4 Å². The van der Waals surface area contributed by atoms with Crippen LogP contribution in [0.2, 0.25) is 0 Å². The molecule has 2 heterocycles. The molecule has 0 saturated carbocycles. The molecule has 12 nitrogen and oxygen atoms in total. The molecule has 0 spiro atoms. The van der Waals surface area contributed by atoms with E-state index in [0.717, 1.165) is 0 Å². The molecule has 0 saturated heterocycles. The molecule has 13 heteroatoms. The van der Waals surface area contributed by atoms with Gasteiger partial charge in [0.25, 0.3) is 0 Å². The van der Waals surface area contributed by atoms with Gasteiger partial charge in [-0.15, -0.1) is 0 Å². The van der Waals surface area contributed by atoms with Crippen molar-refractivity contribution in [2.45, 2.75) is 66.5 Å². The zero-order chi connectivity index (χ0) is 29.6. The Hall–Kier alpha value is -3.21. The molecule has 0 amide bonds. The number of hydrogen-bond donors (Lipinski definition) is 2. The molecule has 0 unspecified atom stereocenters. The van der Waals surface area contributed by atoms with Crippen LogP contribution in [0.5, 0.6) is 0 Å². The van der Waals surface area contributed by atoms with Gasteiger partial charge in [-0.2, -0.15) is 0 Å². The molecule has 0 radical (unpaired) electrons. The fourth-order valence-electron chi connectivity index (χ4n) is 3.57. The van der Waals surface area contributed by atoms with Gasteiger partial charge in [0.05, 0.1) is 13.2 Å². The Morgan fingerprint density at radius 3 is 1.23 bits per heavy atom. The van der Waals surface area contributed by atoms with Crippen molar-refractivity contribution in [3.8, 4) is 0 Å². The van der Waals surface area contributed by atoms with Crippen molar-refractivity contribution in [2.24, 2.45) is 9.98 Å². The molecule has 222 valence electrons. The van der Waals surface area contributed by atoms with E-state index in [2.05, 4.69) is 9.98 Å². The summed E-state index contributed by atoms with van der Waals surface area (Å²) in [6.07, 6.45) is 0. The van der Waals surface area contributed by atoms with E-state index in [9.17, 15) is 29.4 Å². The minimum Gasteiger partial charge on any atom is -0.494 e. The molecule has 2 aliphatic heterocycles. The molecular formula is C26H40N4NiO8. The molecule has 0 aromatic rings. The molecule has 0 aliphatic carbocycles. The Kier molecular flexibility index (Phi) is 13.1. The molecule has 2 rings (SSSR count). The van der Waals surface area contributed by atoms with Crippen LogP contribution < -0.4 is 0 Å². The van der Waals surface area contributed by atoms with Gasteiger partial charge < -0.3 is 29.5 Å². The van der Waals surface area contributed by atoms with Crippen LogP contribution in [0.15, 0.2) is 32.9 Å². The molecule has 0 aromatic carbocycles. The second-order valence-corrected chi connectivity index (χ2v) is 9.70. The van der Waals surface area contributed by atoms with Gasteiger partial charge in [-0.3, -0.25) is 29.2 Å². The third kappa shape index (κ3) is 7.91. The number of carbonyl (C=O) groups is 4. The number of Topliss-reactive ketones (excluding diaryl/α,β-unsaturated/α-hetero) is 2.